The third kappa shape index (κ3) is 16.3. The van der Waals surface area contributed by atoms with Gasteiger partial charge in [-0.25, -0.2) is 4.79 Å². The fourth-order valence-corrected chi connectivity index (χ4v) is 5.90. The minimum atomic E-state index is -1.44. The van der Waals surface area contributed by atoms with Crippen LogP contribution in [-0.4, -0.2) is 126 Å². The summed E-state index contributed by atoms with van der Waals surface area (Å²) in [7, 11) is 0. The molecule has 1 heterocycles. The van der Waals surface area contributed by atoms with E-state index in [-0.39, 0.29) is 38.6 Å². The lowest BCUT2D eigenvalue weighted by Crippen LogP contribution is -2.58. The minimum absolute atomic E-state index is 0.0367. The number of carbonyl (C=O) groups is 10. The van der Waals surface area contributed by atoms with Crippen LogP contribution < -0.4 is 49.1 Å². The minimum Gasteiger partial charge on any atom is -0.480 e. The van der Waals surface area contributed by atoms with Gasteiger partial charge in [0.25, 0.3) is 0 Å². The van der Waals surface area contributed by atoms with Gasteiger partial charge in [-0.3, -0.25) is 43.2 Å². The van der Waals surface area contributed by atoms with Crippen molar-refractivity contribution < 1.29 is 53.1 Å². The summed E-state index contributed by atoms with van der Waals surface area (Å²) < 4.78 is 0. The van der Waals surface area contributed by atoms with Gasteiger partial charge < -0.3 is 59.1 Å². The number of benzene rings is 1. The average Bonchev–Trinajstić information content (AvgIpc) is 3.68. The van der Waals surface area contributed by atoms with E-state index in [0.29, 0.717) is 31.4 Å². The number of hydrogen-bond acceptors (Lipinski definition) is 11. The lowest BCUT2D eigenvalue weighted by molar-refractivity contribution is -0.142. The molecule has 0 aromatic heterocycles. The lowest BCUT2D eigenvalue weighted by atomic mass is 9.97. The molecule has 9 amide bonds. The SMILES string of the molecule is CC[C@H](C)[C@H](NC(=O)CNC(=O)[C@H](CCC(N)=O)NC(=O)[C@@H]1CCCN1C(=O)CN)C(=O)N[C@@H](Cc1ccccc1)C(=O)NCC(=O)N[C@@H](CCC(N)=O)C(=O)O. The van der Waals surface area contributed by atoms with E-state index in [1.165, 1.54) is 4.90 Å². The van der Waals surface area contributed by atoms with Gasteiger partial charge in [0.1, 0.15) is 30.2 Å². The summed E-state index contributed by atoms with van der Waals surface area (Å²) >= 11 is 0. The second-order valence-electron chi connectivity index (χ2n) is 13.6. The van der Waals surface area contributed by atoms with E-state index in [9.17, 15) is 53.1 Å². The summed E-state index contributed by atoms with van der Waals surface area (Å²) in [5.74, 6) is -8.56. The van der Waals surface area contributed by atoms with E-state index < -0.39 is 108 Å². The first kappa shape index (κ1) is 47.0. The molecule has 21 nitrogen and oxygen atoms in total. The van der Waals surface area contributed by atoms with Gasteiger partial charge in [0.2, 0.25) is 53.2 Å². The molecule has 0 unspecified atom stereocenters. The molecule has 57 heavy (non-hydrogen) atoms. The second kappa shape index (κ2) is 23.7. The van der Waals surface area contributed by atoms with Crippen molar-refractivity contribution in [1.29, 1.82) is 0 Å². The number of carboxylic acids is 1. The Balaban J connectivity index is 2.13. The number of carbonyl (C=O) groups excluding carboxylic acids is 9. The van der Waals surface area contributed by atoms with Crippen LogP contribution in [0.15, 0.2) is 30.3 Å². The van der Waals surface area contributed by atoms with Gasteiger partial charge >= 0.3 is 5.97 Å². The number of rotatable bonds is 24. The monoisotopic (exact) mass is 802 g/mol. The predicted molar refractivity (Wildman–Crippen MR) is 202 cm³/mol. The molecule has 13 N–H and O–H groups in total. The number of primary amides is 2. The van der Waals surface area contributed by atoms with E-state index in [4.69, 9.17) is 17.2 Å². The van der Waals surface area contributed by atoms with E-state index in [1.54, 1.807) is 44.2 Å². The van der Waals surface area contributed by atoms with Gasteiger partial charge in [-0.2, -0.15) is 0 Å². The smallest absolute Gasteiger partial charge is 0.326 e. The maximum Gasteiger partial charge on any atom is 0.326 e. The van der Waals surface area contributed by atoms with Crippen LogP contribution in [0.2, 0.25) is 0 Å². The number of hydrogen-bond donors (Lipinski definition) is 10. The van der Waals surface area contributed by atoms with Crippen LogP contribution in [0.5, 0.6) is 0 Å². The highest BCUT2D eigenvalue weighted by Crippen LogP contribution is 2.18. The summed E-state index contributed by atoms with van der Waals surface area (Å²) in [6.07, 6.45) is 0.179. The highest BCUT2D eigenvalue weighted by molar-refractivity contribution is 5.96. The van der Waals surface area contributed by atoms with Crippen molar-refractivity contribution in [3.63, 3.8) is 0 Å². The van der Waals surface area contributed by atoms with Gasteiger partial charge in [0.15, 0.2) is 0 Å². The number of carboxylic acid groups (broad SMARTS) is 1. The van der Waals surface area contributed by atoms with Gasteiger partial charge in [-0.15, -0.1) is 0 Å². The summed E-state index contributed by atoms with van der Waals surface area (Å²) in [5.41, 5.74) is 16.4. The molecule has 0 aliphatic carbocycles. The molecule has 0 radical (unpaired) electrons. The molecule has 0 spiro atoms. The van der Waals surface area contributed by atoms with Crippen LogP contribution >= 0.6 is 0 Å². The van der Waals surface area contributed by atoms with Crippen LogP contribution in [-0.2, 0) is 54.4 Å². The topological polar surface area (TPSA) is 344 Å². The number of nitrogens with one attached hydrogen (secondary N) is 6. The van der Waals surface area contributed by atoms with Crippen molar-refractivity contribution >= 4 is 59.1 Å². The number of amides is 9. The molecule has 314 valence electrons. The van der Waals surface area contributed by atoms with Crippen molar-refractivity contribution in [2.45, 2.75) is 95.4 Å². The van der Waals surface area contributed by atoms with Crippen molar-refractivity contribution in [2.75, 3.05) is 26.2 Å². The quantitative estimate of drug-likeness (QED) is 0.0478. The van der Waals surface area contributed by atoms with E-state index in [0.717, 1.165) is 0 Å². The van der Waals surface area contributed by atoms with Gasteiger partial charge in [0, 0.05) is 25.8 Å². The van der Waals surface area contributed by atoms with E-state index in [1.807, 2.05) is 0 Å². The van der Waals surface area contributed by atoms with Crippen LogP contribution in [0.3, 0.4) is 0 Å². The van der Waals surface area contributed by atoms with Crippen molar-refractivity contribution in [1.82, 2.24) is 36.8 Å². The number of likely N-dealkylation sites (tertiary alicyclic amines) is 1. The molecular formula is C36H54N10O11. The van der Waals surface area contributed by atoms with Crippen LogP contribution in [0.25, 0.3) is 0 Å². The molecule has 2 rings (SSSR count). The first-order chi connectivity index (χ1) is 27.0. The number of nitrogens with zero attached hydrogens (tertiary/aromatic N) is 1. The predicted octanol–water partition coefficient (Wildman–Crippen LogP) is -3.99. The normalized spacial score (nSPS) is 16.1. The molecule has 21 heteroatoms. The number of aliphatic carboxylic acids is 1. The van der Waals surface area contributed by atoms with E-state index >= 15 is 0 Å². The van der Waals surface area contributed by atoms with Gasteiger partial charge in [-0.1, -0.05) is 50.6 Å². The summed E-state index contributed by atoms with van der Waals surface area (Å²) in [6, 6.07) is 2.47. The van der Waals surface area contributed by atoms with E-state index in [2.05, 4.69) is 31.9 Å². The average molecular weight is 803 g/mol. The van der Waals surface area contributed by atoms with Gasteiger partial charge in [0.05, 0.1) is 19.6 Å². The Morgan fingerprint density at radius 2 is 1.33 bits per heavy atom. The van der Waals surface area contributed by atoms with Crippen molar-refractivity contribution in [3.05, 3.63) is 35.9 Å². The first-order valence-electron chi connectivity index (χ1n) is 18.5. The Morgan fingerprint density at radius 1 is 0.772 bits per heavy atom. The molecule has 1 saturated heterocycles. The van der Waals surface area contributed by atoms with Crippen LogP contribution in [0, 0.1) is 5.92 Å². The van der Waals surface area contributed by atoms with Gasteiger partial charge in [-0.05, 0) is 37.2 Å². The maximum atomic E-state index is 13.7. The summed E-state index contributed by atoms with van der Waals surface area (Å²) in [5, 5.41) is 24.1. The molecule has 1 aliphatic heterocycles. The maximum absolute atomic E-state index is 13.7. The van der Waals surface area contributed by atoms with Crippen molar-refractivity contribution in [2.24, 2.45) is 23.1 Å². The third-order valence-corrected chi connectivity index (χ3v) is 9.25. The molecule has 6 atom stereocenters. The molecule has 0 saturated carbocycles. The Kier molecular flexibility index (Phi) is 19.6. The van der Waals surface area contributed by atoms with Crippen molar-refractivity contribution in [3.8, 4) is 0 Å². The highest BCUT2D eigenvalue weighted by atomic mass is 16.4. The fourth-order valence-electron chi connectivity index (χ4n) is 5.90. The molecular weight excluding hydrogens is 748 g/mol. The lowest BCUT2D eigenvalue weighted by Gasteiger charge is -2.27. The number of nitrogens with two attached hydrogens (primary N) is 3. The Bertz CT molecular complexity index is 1630. The zero-order valence-electron chi connectivity index (χ0n) is 32.0. The molecule has 1 aliphatic rings. The Labute approximate surface area is 329 Å². The fraction of sp³-hybridized carbons (Fsp3) is 0.556. The highest BCUT2D eigenvalue weighted by Gasteiger charge is 2.36. The van der Waals surface area contributed by atoms with Crippen LogP contribution in [0.1, 0.15) is 64.4 Å². The zero-order valence-corrected chi connectivity index (χ0v) is 32.0. The molecule has 1 fully saturated rings. The standard InChI is InChI=1S/C36H54N10O11/c1-3-20(2)31(45-29(50)19-40-32(52)22(11-13-26(38)47)43-34(54)25-10-7-15-46(25)30(51)17-37)35(55)44-24(16-21-8-5-4-6-9-21)33(53)41-18-28(49)42-23(36(56)57)12-14-27(39)48/h4-6,8-9,20,22-25,31H,3,7,10-19,37H2,1-2H3,(H2,38,47)(H2,39,48)(H,40,52)(H,41,53)(H,42,49)(H,43,54)(H,44,55)(H,45,50)(H,56,57)/t20-,22-,23-,24-,25-,31-/m0/s1. The second-order valence-corrected chi connectivity index (χ2v) is 13.6. The molecule has 1 aromatic carbocycles. The molecule has 1 aromatic rings. The third-order valence-electron chi connectivity index (χ3n) is 9.25. The van der Waals surface area contributed by atoms with Crippen LogP contribution in [0.4, 0.5) is 0 Å². The Hall–Kier alpha value is -6.12. The largest absolute Gasteiger partial charge is 0.480 e. The Morgan fingerprint density at radius 3 is 1.88 bits per heavy atom. The first-order valence-corrected chi connectivity index (χ1v) is 18.5. The molecule has 0 bridgehead atoms. The zero-order chi connectivity index (χ0) is 42.7. The summed E-state index contributed by atoms with van der Waals surface area (Å²) in [6.45, 7) is 2.12. The summed E-state index contributed by atoms with van der Waals surface area (Å²) in [4.78, 5) is 127.